The van der Waals surface area contributed by atoms with Crippen LogP contribution in [0.4, 0.5) is 0 Å². The van der Waals surface area contributed by atoms with Crippen LogP contribution in [0.1, 0.15) is 60.8 Å². The first kappa shape index (κ1) is 21.4. The van der Waals surface area contributed by atoms with Gasteiger partial charge in [-0.25, -0.2) is 0 Å². The van der Waals surface area contributed by atoms with Crippen LogP contribution < -0.4 is 0 Å². The lowest BCUT2D eigenvalue weighted by Gasteiger charge is -2.43. The molecule has 142 valence electrons. The van der Waals surface area contributed by atoms with Crippen molar-refractivity contribution in [3.63, 3.8) is 0 Å². The molecular weight excluding hydrogens is 298 g/mol. The number of rotatable bonds is 5. The quantitative estimate of drug-likeness (QED) is 0.769. The Hall–Kier alpha value is -0.610. The van der Waals surface area contributed by atoms with E-state index in [4.69, 9.17) is 0 Å². The van der Waals surface area contributed by atoms with E-state index in [0.717, 1.165) is 24.9 Å². The second-order valence-corrected chi connectivity index (χ2v) is 7.68. The lowest BCUT2D eigenvalue weighted by Crippen LogP contribution is -2.54. The molecule has 4 nitrogen and oxygen atoms in total. The summed E-state index contributed by atoms with van der Waals surface area (Å²) >= 11 is 0. The van der Waals surface area contributed by atoms with E-state index in [2.05, 4.69) is 35.5 Å². The predicted octanol–water partition coefficient (Wildman–Crippen LogP) is 3.32. The molecule has 2 aliphatic rings. The van der Waals surface area contributed by atoms with E-state index in [1.807, 2.05) is 20.8 Å². The fourth-order valence-electron chi connectivity index (χ4n) is 3.94. The maximum atomic E-state index is 11.7. The standard InChI is InChI=1S/C18H35N3O.C2H6/c1-5-18(22)20-8-6-17(7-9-20)14-21-11-10-19(12-15(2)3)13-16(21)4;1-2/h15-17H,5-14H2,1-4H3;1-2H3. The van der Waals surface area contributed by atoms with E-state index in [1.165, 1.54) is 45.6 Å². The van der Waals surface area contributed by atoms with Crippen molar-refractivity contribution in [1.82, 2.24) is 14.7 Å². The molecule has 0 N–H and O–H groups in total. The van der Waals surface area contributed by atoms with Gasteiger partial charge in [-0.3, -0.25) is 9.69 Å². The number of carbonyl (C=O) groups excluding carboxylic acids is 1. The minimum atomic E-state index is 0.328. The molecule has 0 aromatic heterocycles. The number of hydrogen-bond donors (Lipinski definition) is 0. The van der Waals surface area contributed by atoms with Crippen molar-refractivity contribution in [2.75, 3.05) is 45.8 Å². The van der Waals surface area contributed by atoms with Crippen molar-refractivity contribution in [2.45, 2.75) is 66.8 Å². The Morgan fingerprint density at radius 1 is 1.08 bits per heavy atom. The van der Waals surface area contributed by atoms with Crippen molar-refractivity contribution in [3.05, 3.63) is 0 Å². The van der Waals surface area contributed by atoms with E-state index in [1.54, 1.807) is 0 Å². The first-order chi connectivity index (χ1) is 11.5. The highest BCUT2D eigenvalue weighted by atomic mass is 16.2. The summed E-state index contributed by atoms with van der Waals surface area (Å²) in [5.41, 5.74) is 0. The summed E-state index contributed by atoms with van der Waals surface area (Å²) in [7, 11) is 0. The maximum Gasteiger partial charge on any atom is 0.222 e. The average Bonchev–Trinajstić information content (AvgIpc) is 2.58. The molecule has 0 aliphatic carbocycles. The Bertz CT molecular complexity index is 351. The van der Waals surface area contributed by atoms with Crippen molar-refractivity contribution in [2.24, 2.45) is 11.8 Å². The number of piperazine rings is 1. The fraction of sp³-hybridized carbons (Fsp3) is 0.950. The molecule has 2 saturated heterocycles. The van der Waals surface area contributed by atoms with Gasteiger partial charge in [0.15, 0.2) is 0 Å². The molecule has 24 heavy (non-hydrogen) atoms. The van der Waals surface area contributed by atoms with Gasteiger partial charge < -0.3 is 9.80 Å². The second-order valence-electron chi connectivity index (χ2n) is 7.68. The van der Waals surface area contributed by atoms with Crippen LogP contribution in [0.2, 0.25) is 0 Å². The van der Waals surface area contributed by atoms with Gasteiger partial charge >= 0.3 is 0 Å². The molecule has 0 aromatic carbocycles. The summed E-state index contributed by atoms with van der Waals surface area (Å²) in [5.74, 6) is 1.87. The predicted molar refractivity (Wildman–Crippen MR) is 103 cm³/mol. The van der Waals surface area contributed by atoms with Crippen molar-refractivity contribution in [1.29, 1.82) is 0 Å². The van der Waals surface area contributed by atoms with Crippen molar-refractivity contribution in [3.8, 4) is 0 Å². The molecule has 1 unspecified atom stereocenters. The first-order valence-electron chi connectivity index (χ1n) is 10.2. The monoisotopic (exact) mass is 339 g/mol. The molecule has 0 bridgehead atoms. The minimum Gasteiger partial charge on any atom is -0.343 e. The molecular formula is C20H41N3O. The van der Waals surface area contributed by atoms with Crippen LogP contribution in [-0.2, 0) is 4.79 Å². The highest BCUT2D eigenvalue weighted by Gasteiger charge is 2.28. The lowest BCUT2D eigenvalue weighted by atomic mass is 9.95. The van der Waals surface area contributed by atoms with E-state index < -0.39 is 0 Å². The molecule has 0 aromatic rings. The Morgan fingerprint density at radius 2 is 1.71 bits per heavy atom. The highest BCUT2D eigenvalue weighted by molar-refractivity contribution is 5.75. The first-order valence-corrected chi connectivity index (χ1v) is 10.2. The van der Waals surface area contributed by atoms with Crippen LogP contribution in [0.3, 0.4) is 0 Å². The van der Waals surface area contributed by atoms with Gasteiger partial charge in [-0.2, -0.15) is 0 Å². The largest absolute Gasteiger partial charge is 0.343 e. The third kappa shape index (κ3) is 6.72. The molecule has 0 saturated carbocycles. The number of carbonyl (C=O) groups is 1. The lowest BCUT2D eigenvalue weighted by molar-refractivity contribution is -0.132. The number of amides is 1. The third-order valence-electron chi connectivity index (χ3n) is 5.23. The molecule has 2 heterocycles. The maximum absolute atomic E-state index is 11.7. The number of piperidine rings is 1. The Kier molecular flexibility index (Phi) is 9.91. The van der Waals surface area contributed by atoms with Gasteiger partial charge in [0.1, 0.15) is 0 Å². The third-order valence-corrected chi connectivity index (χ3v) is 5.23. The highest BCUT2D eigenvalue weighted by Crippen LogP contribution is 2.21. The molecule has 2 rings (SSSR count). The smallest absolute Gasteiger partial charge is 0.222 e. The van der Waals surface area contributed by atoms with E-state index in [0.29, 0.717) is 18.4 Å². The molecule has 2 fully saturated rings. The number of nitrogens with zero attached hydrogens (tertiary/aromatic N) is 3. The van der Waals surface area contributed by atoms with Gasteiger partial charge in [0.2, 0.25) is 5.91 Å². The molecule has 0 radical (unpaired) electrons. The zero-order chi connectivity index (χ0) is 18.1. The average molecular weight is 340 g/mol. The zero-order valence-corrected chi connectivity index (χ0v) is 17.1. The topological polar surface area (TPSA) is 26.8 Å². The van der Waals surface area contributed by atoms with Crippen molar-refractivity contribution >= 4 is 5.91 Å². The molecule has 0 spiro atoms. The van der Waals surface area contributed by atoms with Gasteiger partial charge in [0, 0.05) is 58.3 Å². The van der Waals surface area contributed by atoms with Crippen molar-refractivity contribution < 1.29 is 4.79 Å². The second kappa shape index (κ2) is 11.1. The van der Waals surface area contributed by atoms with Crippen LogP contribution in [-0.4, -0.2) is 72.5 Å². The Labute approximate surface area is 150 Å². The summed E-state index contributed by atoms with van der Waals surface area (Å²) < 4.78 is 0. The van der Waals surface area contributed by atoms with E-state index in [9.17, 15) is 4.79 Å². The van der Waals surface area contributed by atoms with Crippen LogP contribution in [0.5, 0.6) is 0 Å². The summed E-state index contributed by atoms with van der Waals surface area (Å²) in [6.07, 6.45) is 3.02. The van der Waals surface area contributed by atoms with Gasteiger partial charge in [0.25, 0.3) is 0 Å². The number of likely N-dealkylation sites (tertiary alicyclic amines) is 1. The summed E-state index contributed by atoms with van der Waals surface area (Å²) in [6, 6.07) is 0.669. The molecule has 1 atom stereocenters. The van der Waals surface area contributed by atoms with Gasteiger partial charge in [-0.1, -0.05) is 34.6 Å². The van der Waals surface area contributed by atoms with Gasteiger partial charge in [-0.15, -0.1) is 0 Å². The van der Waals surface area contributed by atoms with Gasteiger partial charge in [-0.05, 0) is 31.6 Å². The SMILES string of the molecule is CC.CCC(=O)N1CCC(CN2CCN(CC(C)C)CC2C)CC1. The Balaban J connectivity index is 0.00000139. The summed E-state index contributed by atoms with van der Waals surface area (Å²) in [6.45, 7) is 21.0. The summed E-state index contributed by atoms with van der Waals surface area (Å²) in [4.78, 5) is 19.1. The zero-order valence-electron chi connectivity index (χ0n) is 17.1. The van der Waals surface area contributed by atoms with E-state index in [-0.39, 0.29) is 0 Å². The Morgan fingerprint density at radius 3 is 2.21 bits per heavy atom. The minimum absolute atomic E-state index is 0.328. The normalized spacial score (nSPS) is 24.0. The van der Waals surface area contributed by atoms with Crippen LogP contribution in [0.25, 0.3) is 0 Å². The van der Waals surface area contributed by atoms with Crippen LogP contribution in [0.15, 0.2) is 0 Å². The van der Waals surface area contributed by atoms with Crippen LogP contribution in [0, 0.1) is 11.8 Å². The molecule has 4 heteroatoms. The number of hydrogen-bond acceptors (Lipinski definition) is 3. The molecule has 2 aliphatic heterocycles. The van der Waals surface area contributed by atoms with Crippen LogP contribution >= 0.6 is 0 Å². The van der Waals surface area contributed by atoms with Gasteiger partial charge in [0.05, 0.1) is 0 Å². The summed E-state index contributed by atoms with van der Waals surface area (Å²) in [5, 5.41) is 0. The van der Waals surface area contributed by atoms with E-state index >= 15 is 0 Å². The fourth-order valence-corrected chi connectivity index (χ4v) is 3.94. The molecule has 1 amide bonds.